The van der Waals surface area contributed by atoms with E-state index in [0.717, 1.165) is 55.6 Å². The average molecular weight is 424 g/mol. The van der Waals surface area contributed by atoms with Gasteiger partial charge in [0.1, 0.15) is 0 Å². The molecule has 31 heavy (non-hydrogen) atoms. The van der Waals surface area contributed by atoms with E-state index in [-0.39, 0.29) is 12.1 Å². The molecule has 2 bridgehead atoms. The third-order valence-corrected chi connectivity index (χ3v) is 7.92. The lowest BCUT2D eigenvalue weighted by atomic mass is 9.68. The second-order valence-electron chi connectivity index (χ2n) is 9.84. The second-order valence-corrected chi connectivity index (χ2v) is 9.84. The molecule has 0 radical (unpaired) electrons. The van der Waals surface area contributed by atoms with Crippen LogP contribution in [0.3, 0.4) is 0 Å². The molecule has 4 atom stereocenters. The Labute approximate surface area is 184 Å². The molecule has 1 N–H and O–H groups in total. The van der Waals surface area contributed by atoms with Gasteiger partial charge in [-0.3, -0.25) is 4.90 Å². The van der Waals surface area contributed by atoms with Gasteiger partial charge in [-0.2, -0.15) is 0 Å². The Bertz CT molecular complexity index is 885. The van der Waals surface area contributed by atoms with Crippen LogP contribution in [0.1, 0.15) is 44.9 Å². The standard InChI is InChI=1S/C25H33N3O3/c29-25(26-20-7-8-22-23(15-20)31-12-4-11-30-22)28-10-3-5-17-13-18-14-19(24(17)28)16-27-9-2-1-6-21(18)27/h7-8,13,15,18-19,21,24H,1-6,9-12,14,16H2,(H,26,29)/t18?,19?,21-,24-/m1/s1. The smallest absolute Gasteiger partial charge is 0.322 e. The molecule has 1 aromatic carbocycles. The molecule has 166 valence electrons. The van der Waals surface area contributed by atoms with E-state index >= 15 is 0 Å². The Balaban J connectivity index is 1.22. The number of carbonyl (C=O) groups excluding carboxylic acids is 1. The number of ether oxygens (including phenoxy) is 2. The minimum Gasteiger partial charge on any atom is -0.490 e. The van der Waals surface area contributed by atoms with Crippen molar-refractivity contribution < 1.29 is 14.3 Å². The van der Waals surface area contributed by atoms with E-state index in [1.165, 1.54) is 37.8 Å². The summed E-state index contributed by atoms with van der Waals surface area (Å²) in [6.07, 6.45) is 10.9. The molecule has 4 heterocycles. The number of nitrogens with one attached hydrogen (secondary N) is 1. The van der Waals surface area contributed by atoms with Crippen LogP contribution in [0.2, 0.25) is 0 Å². The summed E-state index contributed by atoms with van der Waals surface area (Å²) in [6.45, 7) is 4.54. The lowest BCUT2D eigenvalue weighted by molar-refractivity contribution is 0.00908. The number of amides is 2. The summed E-state index contributed by atoms with van der Waals surface area (Å²) in [5, 5.41) is 3.16. The van der Waals surface area contributed by atoms with Crippen molar-refractivity contribution in [1.82, 2.24) is 9.80 Å². The highest BCUT2D eigenvalue weighted by molar-refractivity contribution is 5.90. The van der Waals surface area contributed by atoms with Gasteiger partial charge in [0, 0.05) is 37.3 Å². The van der Waals surface area contributed by atoms with Crippen LogP contribution in [0.25, 0.3) is 0 Å². The topological polar surface area (TPSA) is 54.0 Å². The quantitative estimate of drug-likeness (QED) is 0.686. The predicted octanol–water partition coefficient (Wildman–Crippen LogP) is 4.27. The van der Waals surface area contributed by atoms with Crippen molar-refractivity contribution in [3.63, 3.8) is 0 Å². The van der Waals surface area contributed by atoms with Crippen LogP contribution < -0.4 is 14.8 Å². The first-order chi connectivity index (χ1) is 15.3. The lowest BCUT2D eigenvalue weighted by Gasteiger charge is -2.54. The van der Waals surface area contributed by atoms with E-state index in [2.05, 4.69) is 21.2 Å². The number of likely N-dealkylation sites (tertiary alicyclic amines) is 1. The Hall–Kier alpha value is -2.21. The van der Waals surface area contributed by atoms with Gasteiger partial charge in [-0.05, 0) is 62.6 Å². The Kier molecular flexibility index (Phi) is 5.05. The number of carbonyl (C=O) groups is 1. The number of fused-ring (bicyclic) bond motifs is 7. The van der Waals surface area contributed by atoms with Crippen molar-refractivity contribution in [2.24, 2.45) is 11.8 Å². The molecule has 5 aliphatic rings. The van der Waals surface area contributed by atoms with Gasteiger partial charge >= 0.3 is 6.03 Å². The van der Waals surface area contributed by atoms with Gasteiger partial charge in [0.15, 0.2) is 11.5 Å². The highest BCUT2D eigenvalue weighted by atomic mass is 16.5. The first kappa shape index (κ1) is 19.5. The van der Waals surface area contributed by atoms with Gasteiger partial charge in [0.05, 0.1) is 19.3 Å². The van der Waals surface area contributed by atoms with Gasteiger partial charge in [-0.15, -0.1) is 0 Å². The van der Waals surface area contributed by atoms with Crippen molar-refractivity contribution >= 4 is 11.7 Å². The number of hydrogen-bond donors (Lipinski definition) is 1. The fraction of sp³-hybridized carbons (Fsp3) is 0.640. The second kappa shape index (κ2) is 8.05. The molecule has 6 nitrogen and oxygen atoms in total. The Morgan fingerprint density at radius 3 is 2.87 bits per heavy atom. The van der Waals surface area contributed by atoms with Gasteiger partial charge in [0.2, 0.25) is 0 Å². The molecule has 1 aromatic rings. The summed E-state index contributed by atoms with van der Waals surface area (Å²) in [7, 11) is 0. The first-order valence-corrected chi connectivity index (χ1v) is 12.2. The maximum Gasteiger partial charge on any atom is 0.322 e. The van der Waals surface area contributed by atoms with Gasteiger partial charge in [0.25, 0.3) is 0 Å². The highest BCUT2D eigenvalue weighted by Gasteiger charge is 2.46. The molecule has 4 aliphatic heterocycles. The number of hydrogen-bond acceptors (Lipinski definition) is 4. The van der Waals surface area contributed by atoms with Crippen LogP contribution in [-0.2, 0) is 0 Å². The minimum atomic E-state index is 0.0179. The minimum absolute atomic E-state index is 0.0179. The summed E-state index contributed by atoms with van der Waals surface area (Å²) in [4.78, 5) is 18.2. The zero-order chi connectivity index (χ0) is 20.8. The van der Waals surface area contributed by atoms with Crippen molar-refractivity contribution in [2.45, 2.75) is 57.0 Å². The molecule has 0 aromatic heterocycles. The van der Waals surface area contributed by atoms with Crippen LogP contribution >= 0.6 is 0 Å². The van der Waals surface area contributed by atoms with Crippen LogP contribution in [0.5, 0.6) is 11.5 Å². The van der Waals surface area contributed by atoms with Crippen molar-refractivity contribution in [3.05, 3.63) is 29.8 Å². The number of piperidine rings is 3. The fourth-order valence-electron chi connectivity index (χ4n) is 6.64. The van der Waals surface area contributed by atoms with Crippen LogP contribution in [0.4, 0.5) is 10.5 Å². The van der Waals surface area contributed by atoms with Gasteiger partial charge in [-0.25, -0.2) is 4.79 Å². The molecule has 0 saturated carbocycles. The Morgan fingerprint density at radius 2 is 1.94 bits per heavy atom. The average Bonchev–Trinajstić information content (AvgIpc) is 3.04. The highest BCUT2D eigenvalue weighted by Crippen LogP contribution is 2.45. The third-order valence-electron chi connectivity index (χ3n) is 7.92. The maximum atomic E-state index is 13.4. The summed E-state index contributed by atoms with van der Waals surface area (Å²) in [5.74, 6) is 2.73. The normalized spacial score (nSPS) is 32.3. The van der Waals surface area contributed by atoms with E-state index in [0.29, 0.717) is 25.0 Å². The van der Waals surface area contributed by atoms with E-state index in [4.69, 9.17) is 9.47 Å². The van der Waals surface area contributed by atoms with E-state index in [1.807, 2.05) is 18.2 Å². The number of urea groups is 1. The Morgan fingerprint density at radius 1 is 1.03 bits per heavy atom. The number of nitrogens with zero attached hydrogens (tertiary/aromatic N) is 2. The SMILES string of the molecule is O=C(Nc1ccc2c(c1)OCCCO2)N1CCCC2=CC3CC(CN4CCCC[C@H]34)[C@@H]21. The summed E-state index contributed by atoms with van der Waals surface area (Å²) >= 11 is 0. The molecule has 3 saturated heterocycles. The summed E-state index contributed by atoms with van der Waals surface area (Å²) in [5.41, 5.74) is 2.30. The van der Waals surface area contributed by atoms with E-state index < -0.39 is 0 Å². The van der Waals surface area contributed by atoms with E-state index in [1.54, 1.807) is 0 Å². The largest absolute Gasteiger partial charge is 0.490 e. The monoisotopic (exact) mass is 423 g/mol. The zero-order valence-electron chi connectivity index (χ0n) is 18.2. The summed E-state index contributed by atoms with van der Waals surface area (Å²) in [6, 6.07) is 6.74. The van der Waals surface area contributed by atoms with Crippen molar-refractivity contribution in [3.8, 4) is 11.5 Å². The van der Waals surface area contributed by atoms with Crippen molar-refractivity contribution in [1.29, 1.82) is 0 Å². The molecular weight excluding hydrogens is 390 g/mol. The molecule has 1 aliphatic carbocycles. The van der Waals surface area contributed by atoms with Gasteiger partial charge < -0.3 is 19.7 Å². The fourth-order valence-corrected chi connectivity index (χ4v) is 6.64. The molecule has 6 rings (SSSR count). The van der Waals surface area contributed by atoms with Crippen molar-refractivity contribution in [2.75, 3.05) is 38.2 Å². The lowest BCUT2D eigenvalue weighted by Crippen LogP contribution is -2.60. The van der Waals surface area contributed by atoms with Crippen LogP contribution in [-0.4, -0.2) is 60.8 Å². The number of anilines is 1. The van der Waals surface area contributed by atoms with Gasteiger partial charge in [-0.1, -0.05) is 18.1 Å². The molecule has 2 amide bonds. The zero-order valence-corrected chi connectivity index (χ0v) is 18.2. The molecule has 6 heteroatoms. The molecule has 3 fully saturated rings. The summed E-state index contributed by atoms with van der Waals surface area (Å²) < 4.78 is 11.5. The van der Waals surface area contributed by atoms with Crippen LogP contribution in [0, 0.1) is 11.8 Å². The molecule has 0 spiro atoms. The molecule has 2 unspecified atom stereocenters. The molecular formula is C25H33N3O3. The van der Waals surface area contributed by atoms with Crippen LogP contribution in [0.15, 0.2) is 29.8 Å². The maximum absolute atomic E-state index is 13.4. The number of benzene rings is 1. The first-order valence-electron chi connectivity index (χ1n) is 12.2. The number of rotatable bonds is 1. The predicted molar refractivity (Wildman–Crippen MR) is 120 cm³/mol. The van der Waals surface area contributed by atoms with E-state index in [9.17, 15) is 4.79 Å². The third kappa shape index (κ3) is 3.59.